The lowest BCUT2D eigenvalue weighted by molar-refractivity contribution is -0.146. The van der Waals surface area contributed by atoms with E-state index in [0.717, 1.165) is 38.5 Å². The number of unbranched alkanes of at least 4 members (excludes halogenated alkanes) is 3. The van der Waals surface area contributed by atoms with Crippen molar-refractivity contribution < 1.29 is 19.1 Å². The largest absolute Gasteiger partial charge is 0.466 e. The van der Waals surface area contributed by atoms with Crippen LogP contribution in [-0.4, -0.2) is 25.2 Å². The summed E-state index contributed by atoms with van der Waals surface area (Å²) in [5, 5.41) is 0. The summed E-state index contributed by atoms with van der Waals surface area (Å²) in [5.41, 5.74) is 0.488. The Hall–Kier alpha value is -1.06. The van der Waals surface area contributed by atoms with E-state index in [0.29, 0.717) is 37.9 Å². The van der Waals surface area contributed by atoms with Crippen molar-refractivity contribution in [2.24, 2.45) is 22.7 Å². The summed E-state index contributed by atoms with van der Waals surface area (Å²) in [4.78, 5) is 23.7. The number of carbonyl (C=O) groups is 2. The van der Waals surface area contributed by atoms with Crippen LogP contribution in [0.1, 0.15) is 107 Å². The zero-order valence-corrected chi connectivity index (χ0v) is 19.9. The Labute approximate surface area is 174 Å². The molecule has 0 aliphatic rings. The van der Waals surface area contributed by atoms with Gasteiger partial charge in [0.05, 0.1) is 13.2 Å². The molecule has 0 bridgehead atoms. The van der Waals surface area contributed by atoms with Gasteiger partial charge in [-0.3, -0.25) is 9.59 Å². The molecule has 0 aromatic heterocycles. The molecule has 4 heteroatoms. The van der Waals surface area contributed by atoms with E-state index >= 15 is 0 Å². The van der Waals surface area contributed by atoms with Crippen LogP contribution >= 0.6 is 0 Å². The zero-order valence-electron chi connectivity index (χ0n) is 19.9. The van der Waals surface area contributed by atoms with Crippen LogP contribution in [0.5, 0.6) is 0 Å². The normalized spacial score (nSPS) is 14.4. The molecule has 4 nitrogen and oxygen atoms in total. The van der Waals surface area contributed by atoms with Gasteiger partial charge in [0.1, 0.15) is 0 Å². The number of carbonyl (C=O) groups excluding carboxylic acids is 2. The lowest BCUT2D eigenvalue weighted by atomic mass is 9.84. The highest BCUT2D eigenvalue weighted by Crippen LogP contribution is 2.27. The van der Waals surface area contributed by atoms with Crippen LogP contribution < -0.4 is 0 Å². The lowest BCUT2D eigenvalue weighted by Gasteiger charge is -2.22. The molecule has 0 fully saturated rings. The second kappa shape index (κ2) is 13.2. The minimum Gasteiger partial charge on any atom is -0.466 e. The molecule has 2 unspecified atom stereocenters. The molecule has 0 aliphatic carbocycles. The Balaban J connectivity index is 3.62. The molecule has 28 heavy (non-hydrogen) atoms. The van der Waals surface area contributed by atoms with Crippen LogP contribution in [0.4, 0.5) is 0 Å². The number of rotatable bonds is 13. The molecule has 0 radical (unpaired) electrons. The summed E-state index contributed by atoms with van der Waals surface area (Å²) >= 11 is 0. The Morgan fingerprint density at radius 1 is 0.643 bits per heavy atom. The first-order chi connectivity index (χ1) is 12.8. The van der Waals surface area contributed by atoms with Crippen LogP contribution in [0.25, 0.3) is 0 Å². The summed E-state index contributed by atoms with van der Waals surface area (Å²) in [5.74, 6) is 0.534. The first-order valence-electron chi connectivity index (χ1n) is 11.1. The van der Waals surface area contributed by atoms with E-state index in [4.69, 9.17) is 9.47 Å². The third-order valence-corrected chi connectivity index (χ3v) is 4.52. The Morgan fingerprint density at radius 3 is 1.25 bits per heavy atom. The molecule has 0 aromatic carbocycles. The fourth-order valence-electron chi connectivity index (χ4n) is 3.85. The van der Waals surface area contributed by atoms with Gasteiger partial charge >= 0.3 is 11.9 Å². The maximum Gasteiger partial charge on any atom is 0.306 e. The van der Waals surface area contributed by atoms with Gasteiger partial charge in [0, 0.05) is 12.8 Å². The molecule has 2 atom stereocenters. The molecule has 0 rings (SSSR count). The molecular weight excluding hydrogens is 352 g/mol. The first-order valence-corrected chi connectivity index (χ1v) is 11.1. The van der Waals surface area contributed by atoms with Crippen molar-refractivity contribution in [3.8, 4) is 0 Å². The quantitative estimate of drug-likeness (QED) is 0.260. The Kier molecular flexibility index (Phi) is 12.7. The molecule has 0 spiro atoms. The second-order valence-electron chi connectivity index (χ2n) is 11.0. The molecule has 0 amide bonds. The van der Waals surface area contributed by atoms with Crippen molar-refractivity contribution in [2.75, 3.05) is 13.2 Å². The van der Waals surface area contributed by atoms with Gasteiger partial charge in [-0.15, -0.1) is 0 Å². The highest BCUT2D eigenvalue weighted by Gasteiger charge is 2.19. The average Bonchev–Trinajstić information content (AvgIpc) is 2.45. The van der Waals surface area contributed by atoms with E-state index in [1.54, 1.807) is 0 Å². The highest BCUT2D eigenvalue weighted by molar-refractivity contribution is 5.69. The molecule has 0 heterocycles. The number of hydrogen-bond donors (Lipinski definition) is 0. The van der Waals surface area contributed by atoms with Crippen LogP contribution in [-0.2, 0) is 19.1 Å². The predicted octanol–water partition coefficient (Wildman–Crippen LogP) is 6.56. The first kappa shape index (κ1) is 26.9. The molecule has 166 valence electrons. The summed E-state index contributed by atoms with van der Waals surface area (Å²) in [6.45, 7) is 18.4. The number of hydrogen-bond acceptors (Lipinski definition) is 4. The molecule has 0 N–H and O–H groups in total. The minimum atomic E-state index is -0.0879. The topological polar surface area (TPSA) is 52.6 Å². The molecular formula is C24H46O4. The van der Waals surface area contributed by atoms with E-state index < -0.39 is 0 Å². The van der Waals surface area contributed by atoms with Gasteiger partial charge in [0.25, 0.3) is 0 Å². The van der Waals surface area contributed by atoms with Gasteiger partial charge in [-0.05, 0) is 61.2 Å². The summed E-state index contributed by atoms with van der Waals surface area (Å²) in [6.07, 6.45) is 6.77. The predicted molar refractivity (Wildman–Crippen MR) is 116 cm³/mol. The van der Waals surface area contributed by atoms with Gasteiger partial charge in [-0.2, -0.15) is 0 Å². The molecule has 0 aliphatic heterocycles. The van der Waals surface area contributed by atoms with Crippen LogP contribution in [0.15, 0.2) is 0 Å². The third-order valence-electron chi connectivity index (χ3n) is 4.52. The highest BCUT2D eigenvalue weighted by atomic mass is 16.5. The SMILES string of the molecule is CC(CC(=O)OCCCCCCOC(=O)CC(C)CC(C)(C)C)CC(C)(C)C. The van der Waals surface area contributed by atoms with Crippen molar-refractivity contribution >= 4 is 11.9 Å². The Bertz CT molecular complexity index is 401. The van der Waals surface area contributed by atoms with E-state index in [1.165, 1.54) is 0 Å². The van der Waals surface area contributed by atoms with Crippen molar-refractivity contribution in [2.45, 2.75) is 107 Å². The summed E-state index contributed by atoms with van der Waals surface area (Å²) in [6, 6.07) is 0. The number of esters is 2. The number of ether oxygens (including phenoxy) is 2. The van der Waals surface area contributed by atoms with Gasteiger partial charge < -0.3 is 9.47 Å². The monoisotopic (exact) mass is 398 g/mol. The fourth-order valence-corrected chi connectivity index (χ4v) is 3.85. The van der Waals surface area contributed by atoms with Crippen LogP contribution in [0.2, 0.25) is 0 Å². The van der Waals surface area contributed by atoms with Gasteiger partial charge in [0.15, 0.2) is 0 Å². The van der Waals surface area contributed by atoms with Gasteiger partial charge in [-0.1, -0.05) is 55.4 Å². The Morgan fingerprint density at radius 2 is 0.964 bits per heavy atom. The fraction of sp³-hybridized carbons (Fsp3) is 0.917. The average molecular weight is 399 g/mol. The summed E-state index contributed by atoms with van der Waals surface area (Å²) in [7, 11) is 0. The molecule has 0 aromatic rings. The zero-order chi connectivity index (χ0) is 21.8. The van der Waals surface area contributed by atoms with E-state index in [-0.39, 0.29) is 22.8 Å². The summed E-state index contributed by atoms with van der Waals surface area (Å²) < 4.78 is 10.7. The van der Waals surface area contributed by atoms with E-state index in [1.807, 2.05) is 0 Å². The minimum absolute atomic E-state index is 0.0879. The smallest absolute Gasteiger partial charge is 0.306 e. The maximum atomic E-state index is 11.8. The third kappa shape index (κ3) is 18.3. The molecule has 0 saturated carbocycles. The van der Waals surface area contributed by atoms with Crippen molar-refractivity contribution in [1.82, 2.24) is 0 Å². The van der Waals surface area contributed by atoms with Gasteiger partial charge in [0.2, 0.25) is 0 Å². The van der Waals surface area contributed by atoms with Crippen molar-refractivity contribution in [1.29, 1.82) is 0 Å². The van der Waals surface area contributed by atoms with Crippen molar-refractivity contribution in [3.05, 3.63) is 0 Å². The van der Waals surface area contributed by atoms with E-state index in [2.05, 4.69) is 55.4 Å². The lowest BCUT2D eigenvalue weighted by Crippen LogP contribution is -2.16. The van der Waals surface area contributed by atoms with Crippen LogP contribution in [0, 0.1) is 22.7 Å². The second-order valence-corrected chi connectivity index (χ2v) is 11.0. The van der Waals surface area contributed by atoms with Crippen LogP contribution in [0.3, 0.4) is 0 Å². The van der Waals surface area contributed by atoms with E-state index in [9.17, 15) is 9.59 Å². The standard InChI is InChI=1S/C24H46O4/c1-19(17-23(3,4)5)15-21(25)27-13-11-9-10-12-14-28-22(26)16-20(2)18-24(6,7)8/h19-20H,9-18H2,1-8H3. The maximum absolute atomic E-state index is 11.8. The molecule has 0 saturated heterocycles. The van der Waals surface area contributed by atoms with Gasteiger partial charge in [-0.25, -0.2) is 0 Å². The van der Waals surface area contributed by atoms with Crippen molar-refractivity contribution in [3.63, 3.8) is 0 Å².